The lowest BCUT2D eigenvalue weighted by atomic mass is 10.0. The van der Waals surface area contributed by atoms with Crippen LogP contribution in [0.15, 0.2) is 48.5 Å². The van der Waals surface area contributed by atoms with E-state index in [4.69, 9.17) is 69.6 Å². The number of nitrogens with zero attached hydrogens (tertiary/aromatic N) is 1. The van der Waals surface area contributed by atoms with Crippen LogP contribution in [-0.2, 0) is 16.0 Å². The molecule has 6 nitrogen and oxygen atoms in total. The van der Waals surface area contributed by atoms with E-state index < -0.39 is 33.8 Å². The second-order valence-electron chi connectivity index (χ2n) is 8.24. The summed E-state index contributed by atoms with van der Waals surface area (Å²) in [6.45, 7) is 0. The van der Waals surface area contributed by atoms with Gasteiger partial charge in [-0.2, -0.15) is 0 Å². The molecule has 37 heavy (non-hydrogen) atoms. The molecule has 12 heteroatoms. The third-order valence-electron chi connectivity index (χ3n) is 5.74. The molecule has 1 aromatic heterocycles. The van der Waals surface area contributed by atoms with Crippen molar-refractivity contribution in [2.45, 2.75) is 16.7 Å². The Hall–Kier alpha value is -2.06. The van der Waals surface area contributed by atoms with Gasteiger partial charge in [0.15, 0.2) is 11.5 Å². The van der Waals surface area contributed by atoms with Gasteiger partial charge in [0.25, 0.3) is 0 Å². The Labute approximate surface area is 242 Å². The molecule has 2 unspecified atom stereocenters. The lowest BCUT2D eigenvalue weighted by Crippen LogP contribution is -2.17. The SMILES string of the molecule is COC(=O)c1nc(CC(=O)c2cc(NC(=O)C3C(c4cc(Cl)cc(Cl)c4)C3(Cl)Cl)ccc2Cl)ccc1Cl. The van der Waals surface area contributed by atoms with Crippen LogP contribution in [0, 0.1) is 5.92 Å². The number of anilines is 1. The summed E-state index contributed by atoms with van der Waals surface area (Å²) < 4.78 is 3.30. The molecule has 1 fully saturated rings. The largest absolute Gasteiger partial charge is 0.464 e. The van der Waals surface area contributed by atoms with Crippen molar-refractivity contribution in [3.8, 4) is 0 Å². The summed E-state index contributed by atoms with van der Waals surface area (Å²) in [4.78, 5) is 42.0. The number of rotatable bonds is 7. The van der Waals surface area contributed by atoms with Gasteiger partial charge in [-0.05, 0) is 54.1 Å². The molecule has 1 aliphatic rings. The van der Waals surface area contributed by atoms with Crippen LogP contribution in [0.1, 0.15) is 38.0 Å². The van der Waals surface area contributed by atoms with E-state index in [9.17, 15) is 14.4 Å². The Morgan fingerprint density at radius 1 is 0.946 bits per heavy atom. The zero-order valence-electron chi connectivity index (χ0n) is 18.8. The van der Waals surface area contributed by atoms with Crippen LogP contribution in [0.5, 0.6) is 0 Å². The average molecular weight is 621 g/mol. The predicted molar refractivity (Wildman–Crippen MR) is 146 cm³/mol. The van der Waals surface area contributed by atoms with Gasteiger partial charge in [-0.25, -0.2) is 9.78 Å². The van der Waals surface area contributed by atoms with Gasteiger partial charge in [0.2, 0.25) is 5.91 Å². The molecule has 1 heterocycles. The van der Waals surface area contributed by atoms with Crippen LogP contribution in [0.2, 0.25) is 20.1 Å². The fourth-order valence-electron chi connectivity index (χ4n) is 3.94. The van der Waals surface area contributed by atoms with Gasteiger partial charge in [-0.1, -0.05) is 46.4 Å². The number of aromatic nitrogens is 1. The molecule has 2 atom stereocenters. The van der Waals surface area contributed by atoms with Gasteiger partial charge >= 0.3 is 5.97 Å². The number of carbonyl (C=O) groups excluding carboxylic acids is 3. The van der Waals surface area contributed by atoms with E-state index in [0.29, 0.717) is 21.3 Å². The van der Waals surface area contributed by atoms with Gasteiger partial charge in [0.05, 0.1) is 29.5 Å². The molecule has 1 N–H and O–H groups in total. The maximum Gasteiger partial charge on any atom is 0.358 e. The van der Waals surface area contributed by atoms with E-state index in [1.165, 1.54) is 31.4 Å². The number of hydrogen-bond acceptors (Lipinski definition) is 5. The van der Waals surface area contributed by atoms with Crippen molar-refractivity contribution >= 4 is 93.0 Å². The highest BCUT2D eigenvalue weighted by molar-refractivity contribution is 6.53. The first kappa shape index (κ1) is 28.0. The van der Waals surface area contributed by atoms with E-state index in [-0.39, 0.29) is 33.4 Å². The molecule has 1 saturated carbocycles. The van der Waals surface area contributed by atoms with Gasteiger partial charge in [-0.15, -0.1) is 23.2 Å². The smallest absolute Gasteiger partial charge is 0.358 e. The summed E-state index contributed by atoms with van der Waals surface area (Å²) in [5.41, 5.74) is 1.28. The van der Waals surface area contributed by atoms with E-state index in [2.05, 4.69) is 15.0 Å². The van der Waals surface area contributed by atoms with Crippen LogP contribution in [0.25, 0.3) is 0 Å². The number of esters is 1. The first-order chi connectivity index (χ1) is 17.4. The third-order valence-corrected chi connectivity index (χ3v) is 7.75. The van der Waals surface area contributed by atoms with Crippen LogP contribution < -0.4 is 5.32 Å². The quantitative estimate of drug-likeness (QED) is 0.169. The van der Waals surface area contributed by atoms with Crippen molar-refractivity contribution in [2.24, 2.45) is 5.92 Å². The highest BCUT2D eigenvalue weighted by atomic mass is 35.5. The number of hydrogen-bond donors (Lipinski definition) is 1. The summed E-state index contributed by atoms with van der Waals surface area (Å²) in [6.07, 6.45) is -0.176. The second kappa shape index (κ2) is 11.0. The maximum atomic E-state index is 13.0. The minimum Gasteiger partial charge on any atom is -0.464 e. The highest BCUT2D eigenvalue weighted by Gasteiger charge is 2.67. The number of benzene rings is 2. The molecule has 0 saturated heterocycles. The fraction of sp³-hybridized carbons (Fsp3) is 0.200. The van der Waals surface area contributed by atoms with Gasteiger partial charge < -0.3 is 10.1 Å². The molecule has 2 aromatic carbocycles. The standard InChI is InChI=1S/C25H16Cl6N2O4/c1-37-24(36)22-18(29)5-3-15(32-22)10-19(34)16-9-14(2-4-17(16)28)33-23(35)21-20(25(21,30)31)11-6-12(26)8-13(27)7-11/h2-9,20-21H,10H2,1H3,(H,33,35). The first-order valence-corrected chi connectivity index (χ1v) is 12.9. The number of amides is 1. The van der Waals surface area contributed by atoms with Crippen molar-refractivity contribution in [3.63, 3.8) is 0 Å². The van der Waals surface area contributed by atoms with Crippen molar-refractivity contribution < 1.29 is 19.1 Å². The number of ether oxygens (including phenoxy) is 1. The predicted octanol–water partition coefficient (Wildman–Crippen LogP) is 7.43. The Kier molecular flexibility index (Phi) is 8.29. The topological polar surface area (TPSA) is 85.4 Å². The number of pyridine rings is 1. The van der Waals surface area contributed by atoms with Crippen molar-refractivity contribution in [2.75, 3.05) is 12.4 Å². The number of ketones is 1. The Bertz CT molecular complexity index is 1410. The summed E-state index contributed by atoms with van der Waals surface area (Å²) in [5, 5.41) is 3.80. The molecule has 0 radical (unpaired) electrons. The minimum atomic E-state index is -1.36. The molecule has 3 aromatic rings. The number of carbonyl (C=O) groups is 3. The van der Waals surface area contributed by atoms with E-state index >= 15 is 0 Å². The molecule has 192 valence electrons. The molecule has 0 bridgehead atoms. The molecule has 4 rings (SSSR count). The number of alkyl halides is 2. The molecule has 1 aliphatic carbocycles. The Balaban J connectivity index is 1.51. The number of halogens is 6. The number of Topliss-reactive ketones (excluding diaryl/α,β-unsaturated/α-hetero) is 1. The van der Waals surface area contributed by atoms with Crippen molar-refractivity contribution in [1.82, 2.24) is 4.98 Å². The molecular formula is C25H16Cl6N2O4. The minimum absolute atomic E-state index is 0.0962. The van der Waals surface area contributed by atoms with E-state index in [0.717, 1.165) is 0 Å². The first-order valence-electron chi connectivity index (χ1n) is 10.6. The van der Waals surface area contributed by atoms with Gasteiger partial charge in [0.1, 0.15) is 4.33 Å². The lowest BCUT2D eigenvalue weighted by molar-refractivity contribution is -0.117. The normalized spacial score (nSPS) is 17.7. The van der Waals surface area contributed by atoms with Gasteiger partial charge in [-0.3, -0.25) is 9.59 Å². The van der Waals surface area contributed by atoms with Gasteiger partial charge in [0, 0.05) is 32.9 Å². The van der Waals surface area contributed by atoms with Crippen LogP contribution >= 0.6 is 69.6 Å². The van der Waals surface area contributed by atoms with Crippen LogP contribution in [0.4, 0.5) is 5.69 Å². The average Bonchev–Trinajstić information content (AvgIpc) is 3.42. The third kappa shape index (κ3) is 6.00. The van der Waals surface area contributed by atoms with Crippen LogP contribution in [-0.4, -0.2) is 34.1 Å². The zero-order chi connectivity index (χ0) is 27.1. The summed E-state index contributed by atoms with van der Waals surface area (Å²) in [5.74, 6) is -2.88. The highest BCUT2D eigenvalue weighted by Crippen LogP contribution is 2.65. The maximum absolute atomic E-state index is 13.0. The summed E-state index contributed by atoms with van der Waals surface area (Å²) in [6, 6.07) is 12.3. The van der Waals surface area contributed by atoms with E-state index in [1.54, 1.807) is 24.3 Å². The van der Waals surface area contributed by atoms with E-state index in [1.807, 2.05) is 0 Å². The molecule has 1 amide bonds. The molecule has 0 aliphatic heterocycles. The summed E-state index contributed by atoms with van der Waals surface area (Å²) >= 11 is 37.3. The zero-order valence-corrected chi connectivity index (χ0v) is 23.4. The number of nitrogens with one attached hydrogen (secondary N) is 1. The fourth-order valence-corrected chi connectivity index (χ4v) is 5.72. The molecule has 0 spiro atoms. The second-order valence-corrected chi connectivity index (χ2v) is 11.4. The Morgan fingerprint density at radius 2 is 1.59 bits per heavy atom. The van der Waals surface area contributed by atoms with Crippen molar-refractivity contribution in [1.29, 1.82) is 0 Å². The summed E-state index contributed by atoms with van der Waals surface area (Å²) in [7, 11) is 1.20. The Morgan fingerprint density at radius 3 is 2.24 bits per heavy atom. The van der Waals surface area contributed by atoms with Crippen molar-refractivity contribution in [3.05, 3.63) is 91.1 Å². The van der Waals surface area contributed by atoms with Crippen LogP contribution in [0.3, 0.4) is 0 Å². The monoisotopic (exact) mass is 618 g/mol. The molecular weight excluding hydrogens is 605 g/mol. The number of methoxy groups -OCH3 is 1. The lowest BCUT2D eigenvalue weighted by Gasteiger charge is -2.10.